The highest BCUT2D eigenvalue weighted by molar-refractivity contribution is 7.99. The van der Waals surface area contributed by atoms with Gasteiger partial charge in [-0.05, 0) is 74.5 Å². The number of alkyl halides is 6. The molecule has 20 heteroatoms. The van der Waals surface area contributed by atoms with Gasteiger partial charge in [-0.2, -0.15) is 26.3 Å². The molecule has 0 aliphatic heterocycles. The van der Waals surface area contributed by atoms with Crippen LogP contribution in [-0.4, -0.2) is 54.9 Å². The van der Waals surface area contributed by atoms with Gasteiger partial charge < -0.3 is 29.2 Å². The van der Waals surface area contributed by atoms with Crippen LogP contribution in [0.15, 0.2) is 107 Å². The summed E-state index contributed by atoms with van der Waals surface area (Å²) in [4.78, 5) is 37.9. The number of thioether (sulfide) groups is 2. The van der Waals surface area contributed by atoms with E-state index in [-0.39, 0.29) is 0 Å². The lowest BCUT2D eigenvalue weighted by Crippen LogP contribution is -2.09. The van der Waals surface area contributed by atoms with Crippen molar-refractivity contribution >= 4 is 79.9 Å². The minimum absolute atomic E-state index is 0.413. The van der Waals surface area contributed by atoms with E-state index >= 15 is 0 Å². The quantitative estimate of drug-likeness (QED) is 0.0713. The van der Waals surface area contributed by atoms with Gasteiger partial charge in [-0.25, -0.2) is 19.6 Å². The Balaban J connectivity index is 0.000000194. The molecular formula is C45H36F6N4O6S4. The highest BCUT2D eigenvalue weighted by Crippen LogP contribution is 2.41. The number of carboxylic acids is 2. The van der Waals surface area contributed by atoms with Crippen molar-refractivity contribution in [2.45, 2.75) is 47.5 Å². The van der Waals surface area contributed by atoms with Crippen molar-refractivity contribution < 1.29 is 55.6 Å². The van der Waals surface area contributed by atoms with E-state index in [0.29, 0.717) is 44.1 Å². The molecule has 65 heavy (non-hydrogen) atoms. The highest BCUT2D eigenvalue weighted by atomic mass is 32.2. The lowest BCUT2D eigenvalue weighted by atomic mass is 10.1. The molecule has 0 spiro atoms. The molecule has 0 aliphatic rings. The van der Waals surface area contributed by atoms with E-state index in [1.165, 1.54) is 46.9 Å². The molecule has 4 heterocycles. The van der Waals surface area contributed by atoms with Crippen molar-refractivity contribution in [1.82, 2.24) is 19.5 Å². The van der Waals surface area contributed by atoms with E-state index in [9.17, 15) is 35.9 Å². The van der Waals surface area contributed by atoms with Crippen molar-refractivity contribution in [3.05, 3.63) is 130 Å². The zero-order valence-corrected chi connectivity index (χ0v) is 37.6. The SMILES string of the molecule is Cc1nc(-c2ccc(C(F)(F)F)cc2)sc1CSc1ccc(OCC(=O)O)c2cc[nH]c12.Cc1nc(-c2ccc(C(F)(F)F)cc2)sc1CSc1ccc(OCC(=O)O)c2ccn(C)c12. The van der Waals surface area contributed by atoms with Crippen LogP contribution in [0.25, 0.3) is 42.9 Å². The number of benzene rings is 4. The topological polar surface area (TPSA) is 140 Å². The number of rotatable bonds is 14. The van der Waals surface area contributed by atoms with E-state index in [4.69, 9.17) is 19.7 Å². The Morgan fingerprint density at radius 3 is 1.60 bits per heavy atom. The fraction of sp³-hybridized carbons (Fsp3) is 0.200. The maximum absolute atomic E-state index is 12.8. The third-order valence-electron chi connectivity index (χ3n) is 9.73. The molecular weight excluding hydrogens is 935 g/mol. The number of hydrogen-bond donors (Lipinski definition) is 3. The van der Waals surface area contributed by atoms with Crippen molar-refractivity contribution in [3.63, 3.8) is 0 Å². The smallest absolute Gasteiger partial charge is 0.416 e. The number of carbonyl (C=O) groups is 2. The predicted molar refractivity (Wildman–Crippen MR) is 241 cm³/mol. The minimum Gasteiger partial charge on any atom is -0.481 e. The number of fused-ring (bicyclic) bond motifs is 2. The van der Waals surface area contributed by atoms with Gasteiger partial charge in [0.15, 0.2) is 13.2 Å². The van der Waals surface area contributed by atoms with Gasteiger partial charge in [0, 0.05) is 72.4 Å². The number of nitrogens with one attached hydrogen (secondary N) is 1. The Kier molecular flexibility index (Phi) is 14.2. The van der Waals surface area contributed by atoms with Crippen LogP contribution in [0.1, 0.15) is 32.3 Å². The Bertz CT molecular complexity index is 2980. The molecule has 0 amide bonds. The molecule has 0 saturated heterocycles. The lowest BCUT2D eigenvalue weighted by Gasteiger charge is -2.10. The Hall–Kier alpha value is -5.96. The van der Waals surface area contributed by atoms with E-state index in [2.05, 4.69) is 15.0 Å². The normalized spacial score (nSPS) is 11.8. The molecule has 0 aliphatic carbocycles. The van der Waals surface area contributed by atoms with Gasteiger partial charge >= 0.3 is 24.3 Å². The van der Waals surface area contributed by atoms with Gasteiger partial charge in [-0.3, -0.25) is 0 Å². The second-order valence-electron chi connectivity index (χ2n) is 14.2. The van der Waals surface area contributed by atoms with Crippen LogP contribution in [0.4, 0.5) is 26.3 Å². The predicted octanol–water partition coefficient (Wildman–Crippen LogP) is 12.8. The maximum Gasteiger partial charge on any atom is 0.416 e. The van der Waals surface area contributed by atoms with Gasteiger partial charge in [-0.1, -0.05) is 24.3 Å². The maximum atomic E-state index is 12.8. The summed E-state index contributed by atoms with van der Waals surface area (Å²) < 4.78 is 89.6. The van der Waals surface area contributed by atoms with Crippen molar-refractivity contribution in [2.75, 3.05) is 13.2 Å². The number of thiazole rings is 2. The van der Waals surface area contributed by atoms with Gasteiger partial charge in [0.1, 0.15) is 21.5 Å². The molecule has 4 aromatic heterocycles. The summed E-state index contributed by atoms with van der Waals surface area (Å²) in [7, 11) is 1.91. The average Bonchev–Trinajstić information content (AvgIpc) is 4.08. The number of carboxylic acid groups (broad SMARTS) is 2. The van der Waals surface area contributed by atoms with E-state index in [1.807, 2.05) is 55.9 Å². The molecule has 10 nitrogen and oxygen atoms in total. The number of hydrogen-bond acceptors (Lipinski definition) is 10. The summed E-state index contributed by atoms with van der Waals surface area (Å²) in [5.41, 5.74) is 3.39. The van der Waals surface area contributed by atoms with Crippen LogP contribution in [0.5, 0.6) is 11.5 Å². The van der Waals surface area contributed by atoms with Crippen LogP contribution in [-0.2, 0) is 40.5 Å². The van der Waals surface area contributed by atoms with Crippen molar-refractivity contribution in [3.8, 4) is 32.6 Å². The summed E-state index contributed by atoms with van der Waals surface area (Å²) in [6, 6.07) is 21.0. The third kappa shape index (κ3) is 11.3. The third-order valence-corrected chi connectivity index (χ3v) is 14.7. The second kappa shape index (κ2) is 19.6. The second-order valence-corrected chi connectivity index (χ2v) is 18.4. The number of aliphatic carboxylic acids is 2. The number of nitrogens with zero attached hydrogens (tertiary/aromatic N) is 3. The lowest BCUT2D eigenvalue weighted by molar-refractivity contribution is -0.140. The van der Waals surface area contributed by atoms with Crippen LogP contribution < -0.4 is 9.47 Å². The zero-order chi connectivity index (χ0) is 46.6. The van der Waals surface area contributed by atoms with Crippen LogP contribution in [0, 0.1) is 13.8 Å². The summed E-state index contributed by atoms with van der Waals surface area (Å²) in [6.45, 7) is 2.94. The largest absolute Gasteiger partial charge is 0.481 e. The molecule has 0 fully saturated rings. The minimum atomic E-state index is -4.37. The molecule has 0 atom stereocenters. The van der Waals surface area contributed by atoms with Crippen molar-refractivity contribution in [1.29, 1.82) is 0 Å². The first-order chi connectivity index (χ1) is 30.8. The summed E-state index contributed by atoms with van der Waals surface area (Å²) in [6.07, 6.45) is -5.07. The monoisotopic (exact) mass is 970 g/mol. The van der Waals surface area contributed by atoms with E-state index in [1.54, 1.807) is 41.9 Å². The molecule has 0 bridgehead atoms. The first-order valence-corrected chi connectivity index (χ1v) is 22.9. The molecule has 4 aromatic carbocycles. The Morgan fingerprint density at radius 2 is 1.12 bits per heavy atom. The van der Waals surface area contributed by atoms with Crippen LogP contribution >= 0.6 is 46.2 Å². The Morgan fingerprint density at radius 1 is 0.662 bits per heavy atom. The van der Waals surface area contributed by atoms with E-state index < -0.39 is 48.6 Å². The van der Waals surface area contributed by atoms with Gasteiger partial charge in [0.25, 0.3) is 0 Å². The average molecular weight is 971 g/mol. The molecule has 338 valence electrons. The number of aryl methyl sites for hydroxylation is 3. The molecule has 0 unspecified atom stereocenters. The summed E-state index contributed by atoms with van der Waals surface area (Å²) in [5.74, 6) is 0.189. The molecule has 3 N–H and O–H groups in total. The molecule has 8 rings (SSSR count). The molecule has 0 radical (unpaired) electrons. The number of halogens is 6. The molecule has 8 aromatic rings. The first-order valence-electron chi connectivity index (χ1n) is 19.3. The van der Waals surface area contributed by atoms with Gasteiger partial charge in [0.05, 0.1) is 33.5 Å². The fourth-order valence-electron chi connectivity index (χ4n) is 6.49. The summed E-state index contributed by atoms with van der Waals surface area (Å²) >= 11 is 6.12. The number of H-pyrrole nitrogens is 1. The Labute approximate surface area is 383 Å². The number of aromatic amines is 1. The molecule has 0 saturated carbocycles. The number of aromatic nitrogens is 4. The van der Waals surface area contributed by atoms with Crippen molar-refractivity contribution in [2.24, 2.45) is 7.05 Å². The summed E-state index contributed by atoms with van der Waals surface area (Å²) in [5, 5.41) is 20.7. The van der Waals surface area contributed by atoms with Gasteiger partial charge in [0.2, 0.25) is 0 Å². The highest BCUT2D eigenvalue weighted by Gasteiger charge is 2.31. The first kappa shape index (κ1) is 47.0. The fourth-order valence-corrected chi connectivity index (χ4v) is 11.1. The van der Waals surface area contributed by atoms with Gasteiger partial charge in [-0.15, -0.1) is 46.2 Å². The van der Waals surface area contributed by atoms with Crippen LogP contribution in [0.3, 0.4) is 0 Å². The number of ether oxygens (including phenoxy) is 2. The van der Waals surface area contributed by atoms with Crippen LogP contribution in [0.2, 0.25) is 0 Å². The standard InChI is InChI=1S/C23H19F3N2O3S2.C22H17F3N2O3S2/c1-13-19(33-22(27-13)14-3-5-15(6-4-14)23(24,25)26)12-32-18-8-7-17(31-11-20(29)30)16-9-10-28(2)21(16)18;1-12-18(32-21(27-12)13-2-4-14(5-3-13)22(23,24)25)11-31-17-7-6-16(30-10-19(28)29)15-8-9-26-20(15)17/h3-10H,11-12H2,1-2H3,(H,29,30);2-9,26H,10-11H2,1H3,(H,28,29). The van der Waals surface area contributed by atoms with E-state index in [0.717, 1.165) is 77.0 Å². The zero-order valence-electron chi connectivity index (χ0n) is 34.3.